The van der Waals surface area contributed by atoms with Crippen LogP contribution in [-0.2, 0) is 4.79 Å². The lowest BCUT2D eigenvalue weighted by Gasteiger charge is -2.12. The number of hydrogen-bond donors (Lipinski definition) is 1. The van der Waals surface area contributed by atoms with E-state index in [9.17, 15) is 4.79 Å². The highest BCUT2D eigenvalue weighted by Gasteiger charge is 2.12. The lowest BCUT2D eigenvalue weighted by Crippen LogP contribution is -2.11. The zero-order valence-electron chi connectivity index (χ0n) is 10.5. The highest BCUT2D eigenvalue weighted by atomic mass is 35.5. The molecule has 0 atom stereocenters. The summed E-state index contributed by atoms with van der Waals surface area (Å²) in [6.07, 6.45) is 2.69. The number of hydrogen-bond acceptors (Lipinski definition) is 3. The van der Waals surface area contributed by atoms with Crippen LogP contribution in [0.2, 0.25) is 5.02 Å². The van der Waals surface area contributed by atoms with Gasteiger partial charge in [0.25, 0.3) is 0 Å². The van der Waals surface area contributed by atoms with E-state index in [1.54, 1.807) is 18.2 Å². The molecule has 0 bridgehead atoms. The molecule has 1 aromatic rings. The molecular weight excluding hydrogens is 254 g/mol. The average molecular weight is 270 g/mol. The number of allylic oxidation sites excluding steroid dienone is 1. The first-order chi connectivity index (χ1) is 8.62. The van der Waals surface area contributed by atoms with Gasteiger partial charge in [-0.2, -0.15) is 0 Å². The second kappa shape index (κ2) is 6.91. The van der Waals surface area contributed by atoms with E-state index >= 15 is 0 Å². The summed E-state index contributed by atoms with van der Waals surface area (Å²) >= 11 is 5.97. The van der Waals surface area contributed by atoms with Gasteiger partial charge in [-0.15, -0.1) is 6.58 Å². The van der Waals surface area contributed by atoms with Crippen molar-refractivity contribution in [2.45, 2.75) is 12.8 Å². The first kappa shape index (κ1) is 14.4. The molecule has 1 rings (SSSR count). The van der Waals surface area contributed by atoms with Crippen LogP contribution in [-0.4, -0.2) is 20.1 Å². The molecule has 1 aromatic carbocycles. The summed E-state index contributed by atoms with van der Waals surface area (Å²) in [7, 11) is 3.02. The van der Waals surface area contributed by atoms with E-state index in [1.807, 2.05) is 0 Å². The van der Waals surface area contributed by atoms with Gasteiger partial charge in [0.2, 0.25) is 5.91 Å². The molecule has 0 aliphatic heterocycles. The standard InChI is InChI=1S/C13H16ClNO3/c1-4-5-6-13(16)15-10-8-11(17-2)9(14)7-12(10)18-3/h4,7-8H,1,5-6H2,2-3H3,(H,15,16). The maximum atomic E-state index is 11.6. The van der Waals surface area contributed by atoms with Crippen molar-refractivity contribution in [3.8, 4) is 11.5 Å². The number of halogens is 1. The van der Waals surface area contributed by atoms with Crippen molar-refractivity contribution in [2.24, 2.45) is 0 Å². The van der Waals surface area contributed by atoms with Gasteiger partial charge in [-0.25, -0.2) is 0 Å². The number of anilines is 1. The van der Waals surface area contributed by atoms with E-state index in [-0.39, 0.29) is 5.91 Å². The fourth-order valence-corrected chi connectivity index (χ4v) is 1.63. The summed E-state index contributed by atoms with van der Waals surface area (Å²) in [5.41, 5.74) is 0.535. The monoisotopic (exact) mass is 269 g/mol. The lowest BCUT2D eigenvalue weighted by molar-refractivity contribution is -0.116. The number of ether oxygens (including phenoxy) is 2. The van der Waals surface area contributed by atoms with E-state index in [0.29, 0.717) is 35.1 Å². The smallest absolute Gasteiger partial charge is 0.224 e. The van der Waals surface area contributed by atoms with Crippen molar-refractivity contribution < 1.29 is 14.3 Å². The molecule has 0 aliphatic rings. The van der Waals surface area contributed by atoms with Crippen LogP contribution >= 0.6 is 11.6 Å². The zero-order valence-corrected chi connectivity index (χ0v) is 11.2. The molecule has 0 fully saturated rings. The summed E-state index contributed by atoms with van der Waals surface area (Å²) in [4.78, 5) is 11.6. The predicted octanol–water partition coefficient (Wildman–Crippen LogP) is 3.26. The molecule has 4 nitrogen and oxygen atoms in total. The van der Waals surface area contributed by atoms with Gasteiger partial charge in [-0.05, 0) is 6.42 Å². The molecule has 0 unspecified atom stereocenters. The fourth-order valence-electron chi connectivity index (χ4n) is 1.40. The normalized spacial score (nSPS) is 9.72. The molecule has 0 heterocycles. The third-order valence-electron chi connectivity index (χ3n) is 2.32. The summed E-state index contributed by atoms with van der Waals surface area (Å²) in [5, 5.41) is 3.18. The average Bonchev–Trinajstić information content (AvgIpc) is 2.37. The SMILES string of the molecule is C=CCCC(=O)Nc1cc(OC)c(Cl)cc1OC. The van der Waals surface area contributed by atoms with Gasteiger partial charge in [-0.1, -0.05) is 17.7 Å². The highest BCUT2D eigenvalue weighted by molar-refractivity contribution is 6.32. The Bertz CT molecular complexity index is 446. The minimum Gasteiger partial charge on any atom is -0.495 e. The Morgan fingerprint density at radius 2 is 2.06 bits per heavy atom. The fraction of sp³-hybridized carbons (Fsp3) is 0.308. The van der Waals surface area contributed by atoms with Gasteiger partial charge < -0.3 is 14.8 Å². The Morgan fingerprint density at radius 1 is 1.39 bits per heavy atom. The van der Waals surface area contributed by atoms with Crippen LogP contribution in [0.3, 0.4) is 0 Å². The molecule has 0 aliphatic carbocycles. The highest BCUT2D eigenvalue weighted by Crippen LogP contribution is 2.35. The van der Waals surface area contributed by atoms with Crippen LogP contribution in [0.4, 0.5) is 5.69 Å². The minimum absolute atomic E-state index is 0.113. The molecule has 0 saturated carbocycles. The molecule has 1 N–H and O–H groups in total. The molecule has 18 heavy (non-hydrogen) atoms. The van der Waals surface area contributed by atoms with E-state index in [4.69, 9.17) is 21.1 Å². The Balaban J connectivity index is 2.92. The summed E-state index contributed by atoms with van der Waals surface area (Å²) in [5.74, 6) is 0.863. The van der Waals surface area contributed by atoms with Gasteiger partial charge in [0.1, 0.15) is 11.5 Å². The Morgan fingerprint density at radius 3 is 2.61 bits per heavy atom. The maximum absolute atomic E-state index is 11.6. The van der Waals surface area contributed by atoms with Crippen molar-refractivity contribution >= 4 is 23.2 Å². The van der Waals surface area contributed by atoms with Gasteiger partial charge in [0.05, 0.1) is 24.9 Å². The van der Waals surface area contributed by atoms with Crippen LogP contribution in [0.5, 0.6) is 11.5 Å². The Kier molecular flexibility index (Phi) is 5.52. The number of carbonyl (C=O) groups excluding carboxylic acids is 1. The van der Waals surface area contributed by atoms with E-state index in [0.717, 1.165) is 0 Å². The predicted molar refractivity (Wildman–Crippen MR) is 72.6 cm³/mol. The Labute approximate surface area is 112 Å². The van der Waals surface area contributed by atoms with Gasteiger partial charge in [0, 0.05) is 18.6 Å². The number of rotatable bonds is 6. The van der Waals surface area contributed by atoms with E-state index in [1.165, 1.54) is 14.2 Å². The molecule has 1 amide bonds. The number of benzene rings is 1. The minimum atomic E-state index is -0.113. The topological polar surface area (TPSA) is 47.6 Å². The van der Waals surface area contributed by atoms with Gasteiger partial charge in [0.15, 0.2) is 0 Å². The van der Waals surface area contributed by atoms with Crippen LogP contribution in [0.15, 0.2) is 24.8 Å². The molecule has 0 spiro atoms. The van der Waals surface area contributed by atoms with Gasteiger partial charge >= 0.3 is 0 Å². The molecule has 0 aromatic heterocycles. The largest absolute Gasteiger partial charge is 0.495 e. The second-order valence-corrected chi connectivity index (χ2v) is 3.97. The van der Waals surface area contributed by atoms with Gasteiger partial charge in [-0.3, -0.25) is 4.79 Å². The number of amides is 1. The van der Waals surface area contributed by atoms with Crippen LogP contribution in [0, 0.1) is 0 Å². The van der Waals surface area contributed by atoms with E-state index < -0.39 is 0 Å². The maximum Gasteiger partial charge on any atom is 0.224 e. The third-order valence-corrected chi connectivity index (χ3v) is 2.62. The number of methoxy groups -OCH3 is 2. The first-order valence-corrected chi connectivity index (χ1v) is 5.82. The molecule has 0 radical (unpaired) electrons. The summed E-state index contributed by atoms with van der Waals surface area (Å²) in [6.45, 7) is 3.57. The summed E-state index contributed by atoms with van der Waals surface area (Å²) < 4.78 is 10.2. The molecule has 98 valence electrons. The van der Waals surface area contributed by atoms with Crippen molar-refractivity contribution in [2.75, 3.05) is 19.5 Å². The molecule has 0 saturated heterocycles. The first-order valence-electron chi connectivity index (χ1n) is 5.44. The summed E-state index contributed by atoms with van der Waals surface area (Å²) in [6, 6.07) is 3.23. The number of nitrogens with one attached hydrogen (secondary N) is 1. The third kappa shape index (κ3) is 3.67. The van der Waals surface area contributed by atoms with Crippen LogP contribution in [0.1, 0.15) is 12.8 Å². The quantitative estimate of drug-likeness (QED) is 0.807. The van der Waals surface area contributed by atoms with Crippen molar-refractivity contribution in [3.05, 3.63) is 29.8 Å². The number of carbonyl (C=O) groups is 1. The molecule has 5 heteroatoms. The Hall–Kier alpha value is -1.68. The van der Waals surface area contributed by atoms with Crippen molar-refractivity contribution in [3.63, 3.8) is 0 Å². The van der Waals surface area contributed by atoms with E-state index in [2.05, 4.69) is 11.9 Å². The molecular formula is C13H16ClNO3. The lowest BCUT2D eigenvalue weighted by atomic mass is 10.2. The van der Waals surface area contributed by atoms with Crippen molar-refractivity contribution in [1.29, 1.82) is 0 Å². The van der Waals surface area contributed by atoms with Crippen LogP contribution in [0.25, 0.3) is 0 Å². The zero-order chi connectivity index (χ0) is 13.5. The second-order valence-electron chi connectivity index (χ2n) is 3.56. The van der Waals surface area contributed by atoms with Crippen molar-refractivity contribution in [1.82, 2.24) is 0 Å². The van der Waals surface area contributed by atoms with Crippen LogP contribution < -0.4 is 14.8 Å².